The highest BCUT2D eigenvalue weighted by atomic mass is 32.1. The van der Waals surface area contributed by atoms with Gasteiger partial charge in [0.1, 0.15) is 10.0 Å². The molecule has 2 aromatic heterocycles. The van der Waals surface area contributed by atoms with Crippen molar-refractivity contribution in [3.05, 3.63) is 53.8 Å². The van der Waals surface area contributed by atoms with Crippen LogP contribution < -0.4 is 0 Å². The molecule has 3 aromatic rings. The van der Waals surface area contributed by atoms with E-state index in [-0.39, 0.29) is 0 Å². The lowest BCUT2D eigenvalue weighted by Gasteiger charge is -2.06. The maximum absolute atomic E-state index is 4.23. The summed E-state index contributed by atoms with van der Waals surface area (Å²) in [6, 6.07) is 12.3. The van der Waals surface area contributed by atoms with Gasteiger partial charge in [-0.05, 0) is 30.2 Å². The lowest BCUT2D eigenvalue weighted by molar-refractivity contribution is 1.05. The van der Waals surface area contributed by atoms with Crippen LogP contribution in [0.3, 0.4) is 0 Å². The number of benzene rings is 1. The smallest absolute Gasteiger partial charge is 0.148 e. The molecule has 1 aromatic carbocycles. The van der Waals surface area contributed by atoms with Crippen molar-refractivity contribution in [1.82, 2.24) is 15.2 Å². The van der Waals surface area contributed by atoms with Crippen molar-refractivity contribution >= 4 is 11.3 Å². The van der Waals surface area contributed by atoms with Crippen LogP contribution in [0, 0.1) is 6.92 Å². The molecule has 0 amide bonds. The van der Waals surface area contributed by atoms with Crippen molar-refractivity contribution in [3.8, 4) is 21.7 Å². The van der Waals surface area contributed by atoms with E-state index in [0.717, 1.165) is 26.7 Å². The van der Waals surface area contributed by atoms with Crippen LogP contribution in [0.15, 0.2) is 48.8 Å². The summed E-state index contributed by atoms with van der Waals surface area (Å²) in [7, 11) is 0. The number of aryl methyl sites for hydroxylation is 1. The first-order chi connectivity index (χ1) is 8.84. The van der Waals surface area contributed by atoms with Gasteiger partial charge in [-0.15, -0.1) is 10.2 Å². The Labute approximate surface area is 109 Å². The summed E-state index contributed by atoms with van der Waals surface area (Å²) < 4.78 is 0. The van der Waals surface area contributed by atoms with Crippen molar-refractivity contribution in [2.24, 2.45) is 0 Å². The third kappa shape index (κ3) is 2.02. The van der Waals surface area contributed by atoms with Gasteiger partial charge in [0.25, 0.3) is 0 Å². The monoisotopic (exact) mass is 253 g/mol. The predicted octanol–water partition coefficient (Wildman–Crippen LogP) is 3.58. The van der Waals surface area contributed by atoms with Crippen molar-refractivity contribution in [2.75, 3.05) is 0 Å². The Bertz CT molecular complexity index is 662. The summed E-state index contributed by atoms with van der Waals surface area (Å²) in [4.78, 5) is 4.05. The molecule has 0 aliphatic heterocycles. The highest BCUT2D eigenvalue weighted by Crippen LogP contribution is 2.32. The second-order valence-electron chi connectivity index (χ2n) is 3.91. The van der Waals surface area contributed by atoms with Gasteiger partial charge in [0.05, 0.1) is 0 Å². The first-order valence-electron chi connectivity index (χ1n) is 5.64. The molecule has 4 heteroatoms. The summed E-state index contributed by atoms with van der Waals surface area (Å²) in [5.41, 5.74) is 3.43. The minimum absolute atomic E-state index is 0.958. The normalized spacial score (nSPS) is 10.5. The van der Waals surface area contributed by atoms with Gasteiger partial charge in [-0.3, -0.25) is 4.98 Å². The van der Waals surface area contributed by atoms with Crippen molar-refractivity contribution in [3.63, 3.8) is 0 Å². The van der Waals surface area contributed by atoms with Gasteiger partial charge in [-0.1, -0.05) is 35.6 Å². The van der Waals surface area contributed by atoms with Crippen LogP contribution in [-0.2, 0) is 0 Å². The molecule has 88 valence electrons. The van der Waals surface area contributed by atoms with E-state index in [1.165, 1.54) is 0 Å². The Balaban J connectivity index is 2.17. The van der Waals surface area contributed by atoms with Gasteiger partial charge in [0.15, 0.2) is 0 Å². The van der Waals surface area contributed by atoms with E-state index in [2.05, 4.69) is 27.3 Å². The molecule has 0 atom stereocenters. The van der Waals surface area contributed by atoms with Crippen LogP contribution >= 0.6 is 11.3 Å². The largest absolute Gasteiger partial charge is 0.265 e. The Morgan fingerprint density at radius 1 is 0.889 bits per heavy atom. The zero-order valence-corrected chi connectivity index (χ0v) is 10.7. The van der Waals surface area contributed by atoms with Crippen LogP contribution in [0.2, 0.25) is 0 Å². The van der Waals surface area contributed by atoms with Gasteiger partial charge < -0.3 is 0 Å². The van der Waals surface area contributed by atoms with Crippen molar-refractivity contribution < 1.29 is 0 Å². The van der Waals surface area contributed by atoms with Gasteiger partial charge in [-0.2, -0.15) is 0 Å². The van der Waals surface area contributed by atoms with Gasteiger partial charge >= 0.3 is 0 Å². The lowest BCUT2D eigenvalue weighted by Crippen LogP contribution is -1.84. The Kier molecular flexibility index (Phi) is 2.86. The fourth-order valence-corrected chi connectivity index (χ4v) is 2.59. The molecule has 0 saturated carbocycles. The number of pyridine rings is 1. The Morgan fingerprint density at radius 3 is 2.28 bits per heavy atom. The Morgan fingerprint density at radius 2 is 1.61 bits per heavy atom. The van der Waals surface area contributed by atoms with E-state index in [1.807, 2.05) is 31.2 Å². The van der Waals surface area contributed by atoms with E-state index < -0.39 is 0 Å². The molecule has 0 saturated heterocycles. The zero-order valence-electron chi connectivity index (χ0n) is 9.87. The number of nitrogens with zero attached hydrogens (tertiary/aromatic N) is 3. The minimum Gasteiger partial charge on any atom is -0.265 e. The molecule has 0 radical (unpaired) electrons. The number of aromatic nitrogens is 3. The van der Waals surface area contributed by atoms with Crippen molar-refractivity contribution in [1.29, 1.82) is 0 Å². The van der Waals surface area contributed by atoms with Crippen LogP contribution in [0.1, 0.15) is 5.01 Å². The van der Waals surface area contributed by atoms with Crippen LogP contribution in [0.25, 0.3) is 21.7 Å². The molecule has 3 rings (SSSR count). The molecular formula is C14H11N3S. The predicted molar refractivity (Wildman–Crippen MR) is 73.3 cm³/mol. The van der Waals surface area contributed by atoms with E-state index in [4.69, 9.17) is 0 Å². The summed E-state index contributed by atoms with van der Waals surface area (Å²) in [6.45, 7) is 1.97. The number of rotatable bonds is 2. The average molecular weight is 253 g/mol. The average Bonchev–Trinajstić information content (AvgIpc) is 2.86. The maximum atomic E-state index is 4.23. The third-order valence-corrected chi connectivity index (χ3v) is 3.55. The second kappa shape index (κ2) is 4.66. The quantitative estimate of drug-likeness (QED) is 0.700. The lowest BCUT2D eigenvalue weighted by atomic mass is 10.0. The van der Waals surface area contributed by atoms with E-state index in [1.54, 1.807) is 23.7 Å². The fourth-order valence-electron chi connectivity index (χ4n) is 1.86. The zero-order chi connectivity index (χ0) is 12.4. The number of hydrogen-bond donors (Lipinski definition) is 0. The summed E-state index contributed by atoms with van der Waals surface area (Å²) in [5, 5.41) is 10.2. The molecule has 0 fully saturated rings. The van der Waals surface area contributed by atoms with Crippen LogP contribution in [0.5, 0.6) is 0 Å². The minimum atomic E-state index is 0.958. The molecular weight excluding hydrogens is 242 g/mol. The number of hydrogen-bond acceptors (Lipinski definition) is 4. The van der Waals surface area contributed by atoms with E-state index in [0.29, 0.717) is 0 Å². The van der Waals surface area contributed by atoms with Crippen LogP contribution in [0.4, 0.5) is 0 Å². The third-order valence-electron chi connectivity index (χ3n) is 2.67. The van der Waals surface area contributed by atoms with Crippen LogP contribution in [-0.4, -0.2) is 15.2 Å². The van der Waals surface area contributed by atoms with Gasteiger partial charge in [0, 0.05) is 18.0 Å². The Hall–Kier alpha value is -2.07. The molecule has 0 bridgehead atoms. The molecule has 0 N–H and O–H groups in total. The summed E-state index contributed by atoms with van der Waals surface area (Å²) >= 11 is 1.61. The molecule has 2 heterocycles. The molecule has 0 spiro atoms. The molecule has 0 aliphatic rings. The summed E-state index contributed by atoms with van der Waals surface area (Å²) in [5.74, 6) is 0. The highest BCUT2D eigenvalue weighted by molar-refractivity contribution is 7.14. The first kappa shape index (κ1) is 11.0. The first-order valence-corrected chi connectivity index (χ1v) is 6.46. The standard InChI is InChI=1S/C14H11N3S/c1-10-16-17-14(18-10)13-5-3-2-4-12(13)11-6-8-15-9-7-11/h2-9H,1H3. The summed E-state index contributed by atoms with van der Waals surface area (Å²) in [6.07, 6.45) is 3.61. The second-order valence-corrected chi connectivity index (χ2v) is 5.09. The molecule has 0 aliphatic carbocycles. The fraction of sp³-hybridized carbons (Fsp3) is 0.0714. The maximum Gasteiger partial charge on any atom is 0.148 e. The van der Waals surface area contributed by atoms with Crippen molar-refractivity contribution in [2.45, 2.75) is 6.92 Å². The topological polar surface area (TPSA) is 38.7 Å². The SMILES string of the molecule is Cc1nnc(-c2ccccc2-c2ccncc2)s1. The van der Waals surface area contributed by atoms with E-state index in [9.17, 15) is 0 Å². The highest BCUT2D eigenvalue weighted by Gasteiger charge is 2.10. The molecule has 3 nitrogen and oxygen atoms in total. The van der Waals surface area contributed by atoms with E-state index >= 15 is 0 Å². The molecule has 18 heavy (non-hydrogen) atoms. The van der Waals surface area contributed by atoms with Gasteiger partial charge in [-0.25, -0.2) is 0 Å². The molecule has 0 unspecified atom stereocenters. The van der Waals surface area contributed by atoms with Gasteiger partial charge in [0.2, 0.25) is 0 Å².